The Bertz CT molecular complexity index is 223. The first kappa shape index (κ1) is 13.5. The Morgan fingerprint density at radius 1 is 1.56 bits per heavy atom. The highest BCUT2D eigenvalue weighted by Gasteiger charge is 2.25. The Morgan fingerprint density at radius 3 is 2.81 bits per heavy atom. The molecule has 3 atom stereocenters. The van der Waals surface area contributed by atoms with Gasteiger partial charge in [0.2, 0.25) is 5.91 Å². The molecule has 1 rings (SSSR count). The van der Waals surface area contributed by atoms with Gasteiger partial charge in [0.05, 0.1) is 6.10 Å². The number of carbonyl (C=O) groups excluding carboxylic acids is 1. The molecule has 94 valence electrons. The Morgan fingerprint density at radius 2 is 2.25 bits per heavy atom. The summed E-state index contributed by atoms with van der Waals surface area (Å²) in [4.78, 5) is 13.8. The summed E-state index contributed by atoms with van der Waals surface area (Å²) in [5.74, 6) is 0.735. The van der Waals surface area contributed by atoms with Gasteiger partial charge in [-0.3, -0.25) is 4.79 Å². The Kier molecular flexibility index (Phi) is 5.22. The SMILES string of the molecule is COC(C)CCC(=O)N1CC(C)CC(N)C1. The van der Waals surface area contributed by atoms with E-state index in [1.807, 2.05) is 11.8 Å². The maximum Gasteiger partial charge on any atom is 0.222 e. The van der Waals surface area contributed by atoms with Gasteiger partial charge in [0.15, 0.2) is 0 Å². The molecule has 4 heteroatoms. The number of nitrogens with zero attached hydrogens (tertiary/aromatic N) is 1. The van der Waals surface area contributed by atoms with Gasteiger partial charge in [0.25, 0.3) is 0 Å². The Hall–Kier alpha value is -0.610. The van der Waals surface area contributed by atoms with Crippen molar-refractivity contribution < 1.29 is 9.53 Å². The number of rotatable bonds is 4. The van der Waals surface area contributed by atoms with Gasteiger partial charge in [-0.1, -0.05) is 6.92 Å². The van der Waals surface area contributed by atoms with Crippen LogP contribution in [0.15, 0.2) is 0 Å². The van der Waals surface area contributed by atoms with Crippen LogP contribution >= 0.6 is 0 Å². The predicted octanol–water partition coefficient (Wildman–Crippen LogP) is 0.997. The first-order valence-corrected chi connectivity index (χ1v) is 6.09. The second-order valence-electron chi connectivity index (χ2n) is 4.98. The summed E-state index contributed by atoms with van der Waals surface area (Å²) >= 11 is 0. The van der Waals surface area contributed by atoms with Crippen LogP contribution < -0.4 is 5.73 Å². The van der Waals surface area contributed by atoms with Crippen molar-refractivity contribution in [2.75, 3.05) is 20.2 Å². The van der Waals surface area contributed by atoms with Crippen LogP contribution in [0.25, 0.3) is 0 Å². The number of likely N-dealkylation sites (tertiary alicyclic amines) is 1. The molecule has 0 saturated carbocycles. The van der Waals surface area contributed by atoms with E-state index in [0.717, 1.165) is 19.4 Å². The van der Waals surface area contributed by atoms with Crippen LogP contribution in [0.1, 0.15) is 33.1 Å². The standard InChI is InChI=1S/C12H24N2O2/c1-9-6-11(13)8-14(7-9)12(15)5-4-10(2)16-3/h9-11H,4-8,13H2,1-3H3. The number of carbonyl (C=O) groups is 1. The van der Waals surface area contributed by atoms with Crippen molar-refractivity contribution in [1.29, 1.82) is 0 Å². The molecule has 1 heterocycles. The quantitative estimate of drug-likeness (QED) is 0.781. The molecule has 1 saturated heterocycles. The predicted molar refractivity (Wildman–Crippen MR) is 64.0 cm³/mol. The average Bonchev–Trinajstić information content (AvgIpc) is 2.23. The van der Waals surface area contributed by atoms with E-state index in [1.54, 1.807) is 7.11 Å². The summed E-state index contributed by atoms with van der Waals surface area (Å²) in [6, 6.07) is 0.146. The summed E-state index contributed by atoms with van der Waals surface area (Å²) < 4.78 is 5.13. The zero-order valence-corrected chi connectivity index (χ0v) is 10.6. The molecule has 0 aromatic heterocycles. The summed E-state index contributed by atoms with van der Waals surface area (Å²) in [7, 11) is 1.67. The number of hydrogen-bond acceptors (Lipinski definition) is 3. The molecule has 4 nitrogen and oxygen atoms in total. The molecule has 3 unspecified atom stereocenters. The molecule has 1 aliphatic heterocycles. The van der Waals surface area contributed by atoms with Crippen LogP contribution in [0.3, 0.4) is 0 Å². The fourth-order valence-corrected chi connectivity index (χ4v) is 2.21. The van der Waals surface area contributed by atoms with Gasteiger partial charge < -0.3 is 15.4 Å². The third-order valence-electron chi connectivity index (χ3n) is 3.21. The minimum absolute atomic E-state index is 0.146. The summed E-state index contributed by atoms with van der Waals surface area (Å²) in [6.45, 7) is 5.70. The topological polar surface area (TPSA) is 55.6 Å². The number of nitrogens with two attached hydrogens (primary N) is 1. The second kappa shape index (κ2) is 6.21. The lowest BCUT2D eigenvalue weighted by molar-refractivity contribution is -0.133. The zero-order valence-electron chi connectivity index (χ0n) is 10.6. The molecule has 1 fully saturated rings. The summed E-state index contributed by atoms with van der Waals surface area (Å²) in [6.07, 6.45) is 2.53. The smallest absolute Gasteiger partial charge is 0.222 e. The number of amides is 1. The molecule has 1 aliphatic rings. The van der Waals surface area contributed by atoms with Gasteiger partial charge >= 0.3 is 0 Å². The molecule has 1 amide bonds. The third-order valence-corrected chi connectivity index (χ3v) is 3.21. The van der Waals surface area contributed by atoms with E-state index >= 15 is 0 Å². The van der Waals surface area contributed by atoms with E-state index < -0.39 is 0 Å². The molecular weight excluding hydrogens is 204 g/mol. The average molecular weight is 228 g/mol. The maximum absolute atomic E-state index is 11.9. The van der Waals surface area contributed by atoms with Gasteiger partial charge in [-0.2, -0.15) is 0 Å². The molecule has 0 aromatic rings. The lowest BCUT2D eigenvalue weighted by Gasteiger charge is -2.35. The van der Waals surface area contributed by atoms with Gasteiger partial charge in [-0.25, -0.2) is 0 Å². The molecule has 0 bridgehead atoms. The number of ether oxygens (including phenoxy) is 1. The molecule has 0 aromatic carbocycles. The summed E-state index contributed by atoms with van der Waals surface area (Å²) in [5.41, 5.74) is 5.92. The van der Waals surface area contributed by atoms with Crippen molar-refractivity contribution in [3.63, 3.8) is 0 Å². The van der Waals surface area contributed by atoms with E-state index in [4.69, 9.17) is 10.5 Å². The number of hydrogen-bond donors (Lipinski definition) is 1. The Labute approximate surface area is 98.1 Å². The van der Waals surface area contributed by atoms with Crippen LogP contribution in [0, 0.1) is 5.92 Å². The van der Waals surface area contributed by atoms with E-state index in [1.165, 1.54) is 0 Å². The summed E-state index contributed by atoms with van der Waals surface area (Å²) in [5, 5.41) is 0. The minimum Gasteiger partial charge on any atom is -0.382 e. The van der Waals surface area contributed by atoms with Crippen molar-refractivity contribution in [3.05, 3.63) is 0 Å². The maximum atomic E-state index is 11.9. The van der Waals surface area contributed by atoms with Gasteiger partial charge in [-0.05, 0) is 25.7 Å². The van der Waals surface area contributed by atoms with Crippen LogP contribution in [0.2, 0.25) is 0 Å². The van der Waals surface area contributed by atoms with Gasteiger partial charge in [-0.15, -0.1) is 0 Å². The Balaban J connectivity index is 2.35. The van der Waals surface area contributed by atoms with Crippen molar-refractivity contribution in [2.24, 2.45) is 11.7 Å². The third kappa shape index (κ3) is 4.10. The largest absolute Gasteiger partial charge is 0.382 e. The fourth-order valence-electron chi connectivity index (χ4n) is 2.21. The van der Waals surface area contributed by atoms with E-state index in [0.29, 0.717) is 18.9 Å². The van der Waals surface area contributed by atoms with Crippen LogP contribution in [-0.4, -0.2) is 43.2 Å². The van der Waals surface area contributed by atoms with Crippen LogP contribution in [0.5, 0.6) is 0 Å². The van der Waals surface area contributed by atoms with Crippen molar-refractivity contribution in [3.8, 4) is 0 Å². The molecule has 0 aliphatic carbocycles. The van der Waals surface area contributed by atoms with Crippen molar-refractivity contribution in [1.82, 2.24) is 4.90 Å². The van der Waals surface area contributed by atoms with E-state index in [9.17, 15) is 4.79 Å². The van der Waals surface area contributed by atoms with Crippen molar-refractivity contribution >= 4 is 5.91 Å². The van der Waals surface area contributed by atoms with Crippen molar-refractivity contribution in [2.45, 2.75) is 45.3 Å². The lowest BCUT2D eigenvalue weighted by atomic mass is 9.96. The van der Waals surface area contributed by atoms with Crippen LogP contribution in [0.4, 0.5) is 0 Å². The molecule has 0 spiro atoms. The molecule has 2 N–H and O–H groups in total. The van der Waals surface area contributed by atoms with E-state index in [2.05, 4.69) is 6.92 Å². The number of piperidine rings is 1. The highest BCUT2D eigenvalue weighted by molar-refractivity contribution is 5.76. The molecule has 0 radical (unpaired) electrons. The first-order valence-electron chi connectivity index (χ1n) is 6.09. The lowest BCUT2D eigenvalue weighted by Crippen LogP contribution is -2.48. The normalized spacial score (nSPS) is 27.9. The van der Waals surface area contributed by atoms with Gasteiger partial charge in [0, 0.05) is 32.7 Å². The van der Waals surface area contributed by atoms with E-state index in [-0.39, 0.29) is 18.1 Å². The number of methoxy groups -OCH3 is 1. The molecular formula is C12H24N2O2. The highest BCUT2D eigenvalue weighted by Crippen LogP contribution is 2.16. The second-order valence-corrected chi connectivity index (χ2v) is 4.98. The molecule has 16 heavy (non-hydrogen) atoms. The van der Waals surface area contributed by atoms with Gasteiger partial charge in [0.1, 0.15) is 0 Å². The zero-order chi connectivity index (χ0) is 12.1. The first-order chi connectivity index (χ1) is 7.52. The minimum atomic E-state index is 0.146. The monoisotopic (exact) mass is 228 g/mol. The fraction of sp³-hybridized carbons (Fsp3) is 0.917. The van der Waals surface area contributed by atoms with Crippen LogP contribution in [-0.2, 0) is 9.53 Å². The highest BCUT2D eigenvalue weighted by atomic mass is 16.5.